The largest absolute Gasteiger partial charge is 0.501 e. The fourth-order valence-electron chi connectivity index (χ4n) is 0.658. The van der Waals surface area contributed by atoms with Crippen molar-refractivity contribution < 1.29 is 24.2 Å². The van der Waals surface area contributed by atoms with Gasteiger partial charge in [0.2, 0.25) is 5.76 Å². The Hall–Kier alpha value is -1.49. The Morgan fingerprint density at radius 3 is 2.69 bits per heavy atom. The van der Waals surface area contributed by atoms with Gasteiger partial charge in [-0.1, -0.05) is 11.6 Å². The van der Waals surface area contributed by atoms with Crippen LogP contribution in [0, 0.1) is 0 Å². The van der Waals surface area contributed by atoms with Crippen molar-refractivity contribution in [1.82, 2.24) is 0 Å². The van der Waals surface area contributed by atoms with Crippen molar-refractivity contribution in [2.24, 2.45) is 0 Å². The molecule has 0 aromatic carbocycles. The molecule has 0 aliphatic carbocycles. The molecule has 0 aromatic rings. The van der Waals surface area contributed by atoms with Crippen molar-refractivity contribution >= 4 is 23.5 Å². The zero-order chi connectivity index (χ0) is 10.0. The fourth-order valence-corrected chi connectivity index (χ4v) is 0.828. The maximum Gasteiger partial charge on any atom is 0.380 e. The average molecular weight is 205 g/mol. The molecule has 0 amide bonds. The number of cyclic esters (lactones) is 1. The van der Waals surface area contributed by atoms with Crippen LogP contribution in [-0.2, 0) is 19.1 Å². The van der Waals surface area contributed by atoms with E-state index in [0.717, 1.165) is 13.2 Å². The van der Waals surface area contributed by atoms with E-state index < -0.39 is 17.7 Å². The van der Waals surface area contributed by atoms with Gasteiger partial charge in [-0.05, 0) is 0 Å². The van der Waals surface area contributed by atoms with Crippen molar-refractivity contribution in [3.8, 4) is 0 Å². The number of allylic oxidation sites excluding steroid dienone is 1. The van der Waals surface area contributed by atoms with Gasteiger partial charge in [0, 0.05) is 0 Å². The highest BCUT2D eigenvalue weighted by atomic mass is 35.5. The molecule has 5 nitrogen and oxygen atoms in total. The molecule has 1 aliphatic heterocycles. The number of hydrogen-bond acceptors (Lipinski definition) is 5. The second-order valence-electron chi connectivity index (χ2n) is 2.08. The van der Waals surface area contributed by atoms with Gasteiger partial charge < -0.3 is 14.6 Å². The van der Waals surface area contributed by atoms with Gasteiger partial charge >= 0.3 is 11.9 Å². The maximum absolute atomic E-state index is 10.7. The van der Waals surface area contributed by atoms with Gasteiger partial charge in [0.25, 0.3) is 0 Å². The lowest BCUT2D eigenvalue weighted by atomic mass is 10.4. The zero-order valence-corrected chi connectivity index (χ0v) is 7.29. The van der Waals surface area contributed by atoms with Gasteiger partial charge in [-0.2, -0.15) is 0 Å². The number of carbonyl (C=O) groups excluding carboxylic acids is 2. The molecule has 1 heterocycles. The lowest BCUT2D eigenvalue weighted by Gasteiger charge is -1.95. The van der Waals surface area contributed by atoms with E-state index in [9.17, 15) is 9.59 Å². The third-order valence-corrected chi connectivity index (χ3v) is 1.64. The first-order valence-electron chi connectivity index (χ1n) is 3.17. The summed E-state index contributed by atoms with van der Waals surface area (Å²) >= 11 is 5.43. The average Bonchev–Trinajstić information content (AvgIpc) is 2.34. The number of esters is 2. The number of aliphatic hydroxyl groups is 1. The smallest absolute Gasteiger partial charge is 0.380 e. The molecule has 0 bridgehead atoms. The molecule has 0 radical (unpaired) electrons. The van der Waals surface area contributed by atoms with Crippen molar-refractivity contribution in [1.29, 1.82) is 0 Å². The molecule has 70 valence electrons. The van der Waals surface area contributed by atoms with Crippen LogP contribution in [0.5, 0.6) is 0 Å². The number of aliphatic hydroxyl groups excluding tert-OH is 1. The van der Waals surface area contributed by atoms with Crippen LogP contribution in [0.2, 0.25) is 0 Å². The molecule has 0 fully saturated rings. The summed E-state index contributed by atoms with van der Waals surface area (Å²) in [7, 11) is 1.16. The third-order valence-electron chi connectivity index (χ3n) is 1.27. The van der Waals surface area contributed by atoms with Gasteiger partial charge in [-0.15, -0.1) is 0 Å². The van der Waals surface area contributed by atoms with Gasteiger partial charge in [0.05, 0.1) is 13.2 Å². The molecule has 1 aliphatic rings. The summed E-state index contributed by atoms with van der Waals surface area (Å²) in [5.74, 6) is -2.64. The Bertz CT molecular complexity index is 328. The van der Waals surface area contributed by atoms with E-state index >= 15 is 0 Å². The highest BCUT2D eigenvalue weighted by Gasteiger charge is 2.29. The summed E-state index contributed by atoms with van der Waals surface area (Å²) in [5.41, 5.74) is 0. The minimum absolute atomic E-state index is 0.212. The van der Waals surface area contributed by atoms with E-state index in [1.165, 1.54) is 0 Å². The van der Waals surface area contributed by atoms with Crippen molar-refractivity contribution in [3.05, 3.63) is 22.6 Å². The van der Waals surface area contributed by atoms with E-state index in [1.807, 2.05) is 0 Å². The number of ether oxygens (including phenoxy) is 2. The molecule has 1 rings (SSSR count). The van der Waals surface area contributed by atoms with Crippen LogP contribution in [0.3, 0.4) is 0 Å². The van der Waals surface area contributed by atoms with Crippen molar-refractivity contribution in [3.63, 3.8) is 0 Å². The normalized spacial score (nSPS) is 19.2. The van der Waals surface area contributed by atoms with Crippen LogP contribution >= 0.6 is 11.6 Å². The molecule has 0 saturated carbocycles. The summed E-state index contributed by atoms with van der Waals surface area (Å²) in [6.45, 7) is 0. The van der Waals surface area contributed by atoms with Crippen LogP contribution in [0.1, 0.15) is 0 Å². The van der Waals surface area contributed by atoms with E-state index in [2.05, 4.69) is 9.47 Å². The van der Waals surface area contributed by atoms with E-state index in [-0.39, 0.29) is 10.8 Å². The van der Waals surface area contributed by atoms with E-state index in [1.54, 1.807) is 0 Å². The monoisotopic (exact) mass is 204 g/mol. The zero-order valence-electron chi connectivity index (χ0n) is 6.54. The molecule has 1 N–H and O–H groups in total. The van der Waals surface area contributed by atoms with Crippen LogP contribution in [0.4, 0.5) is 0 Å². The summed E-state index contributed by atoms with van der Waals surface area (Å²) < 4.78 is 8.69. The molecule has 0 aromatic heterocycles. The standard InChI is InChI=1S/C7H5ClO5/c1-12-4(9)2-3-5(8)6(10)7(11)13-3/h2,10H,1H3/b3-2+. The molecule has 6 heteroatoms. The number of hydrogen-bond donors (Lipinski definition) is 1. The Labute approximate surface area is 78.2 Å². The van der Waals surface area contributed by atoms with Crippen molar-refractivity contribution in [2.75, 3.05) is 7.11 Å². The van der Waals surface area contributed by atoms with Gasteiger partial charge in [-0.3, -0.25) is 0 Å². The maximum atomic E-state index is 10.7. The second kappa shape index (κ2) is 3.49. The lowest BCUT2D eigenvalue weighted by molar-refractivity contribution is -0.136. The highest BCUT2D eigenvalue weighted by molar-refractivity contribution is 6.35. The first-order chi connectivity index (χ1) is 6.06. The van der Waals surface area contributed by atoms with Gasteiger partial charge in [0.1, 0.15) is 5.03 Å². The fraction of sp³-hybridized carbons (Fsp3) is 0.143. The number of halogens is 1. The van der Waals surface area contributed by atoms with Crippen LogP contribution in [0.15, 0.2) is 22.6 Å². The summed E-state index contributed by atoms with van der Waals surface area (Å²) in [5, 5.41) is 8.61. The SMILES string of the molecule is COC(=O)/C=C1/OC(=O)C(O)=C1Cl. The van der Waals surface area contributed by atoms with E-state index in [4.69, 9.17) is 16.7 Å². The second-order valence-corrected chi connectivity index (χ2v) is 2.46. The molecular weight excluding hydrogens is 200 g/mol. The minimum atomic E-state index is -0.986. The summed E-state index contributed by atoms with van der Waals surface area (Å²) in [6.07, 6.45) is 0.865. The Morgan fingerprint density at radius 2 is 2.31 bits per heavy atom. The van der Waals surface area contributed by atoms with E-state index in [0.29, 0.717) is 0 Å². The lowest BCUT2D eigenvalue weighted by Crippen LogP contribution is -2.00. The molecule has 13 heavy (non-hydrogen) atoms. The van der Waals surface area contributed by atoms with Gasteiger partial charge in [0.15, 0.2) is 5.76 Å². The van der Waals surface area contributed by atoms with Crippen molar-refractivity contribution in [2.45, 2.75) is 0 Å². The number of rotatable bonds is 1. The Morgan fingerprint density at radius 1 is 1.69 bits per heavy atom. The minimum Gasteiger partial charge on any atom is -0.501 e. The number of carbonyl (C=O) groups is 2. The third kappa shape index (κ3) is 1.81. The summed E-state index contributed by atoms with van der Waals surface area (Å²) in [4.78, 5) is 21.3. The first kappa shape index (κ1) is 9.60. The highest BCUT2D eigenvalue weighted by Crippen LogP contribution is 2.27. The molecule has 0 spiro atoms. The van der Waals surface area contributed by atoms with Crippen LogP contribution < -0.4 is 0 Å². The van der Waals surface area contributed by atoms with Crippen LogP contribution in [-0.4, -0.2) is 24.2 Å². The van der Waals surface area contributed by atoms with Crippen LogP contribution in [0.25, 0.3) is 0 Å². The Kier molecular flexibility index (Phi) is 2.57. The summed E-state index contributed by atoms with van der Waals surface area (Å²) in [6, 6.07) is 0. The first-order valence-corrected chi connectivity index (χ1v) is 3.55. The Balaban J connectivity index is 2.94. The molecule has 0 unspecified atom stereocenters. The quantitative estimate of drug-likeness (QED) is 0.500. The predicted molar refractivity (Wildman–Crippen MR) is 41.7 cm³/mol. The molecular formula is C7H5ClO5. The predicted octanol–water partition coefficient (Wildman–Crippen LogP) is 0.609. The molecule has 0 saturated heterocycles. The molecule has 0 atom stereocenters. The topological polar surface area (TPSA) is 72.8 Å². The van der Waals surface area contributed by atoms with Gasteiger partial charge in [-0.25, -0.2) is 9.59 Å². The number of methoxy groups -OCH3 is 1.